The topological polar surface area (TPSA) is 47.6 Å². The average Bonchev–Trinajstić information content (AvgIpc) is 2.95. The van der Waals surface area contributed by atoms with Crippen LogP contribution in [0.25, 0.3) is 21.9 Å². The van der Waals surface area contributed by atoms with E-state index >= 15 is 0 Å². The van der Waals surface area contributed by atoms with Gasteiger partial charge < -0.3 is 15.5 Å². The third-order valence-corrected chi connectivity index (χ3v) is 8.00. The second kappa shape index (κ2) is 11.4. The fourth-order valence-corrected chi connectivity index (χ4v) is 6.09. The van der Waals surface area contributed by atoms with Crippen LogP contribution in [0, 0.1) is 0 Å². The number of hydrogen-bond donors (Lipinski definition) is 2. The largest absolute Gasteiger partial charge is 0.335 e. The molecular formula is C33H36N4O. The molecule has 1 fully saturated rings. The van der Waals surface area contributed by atoms with Gasteiger partial charge in [-0.15, -0.1) is 0 Å². The summed E-state index contributed by atoms with van der Waals surface area (Å²) in [5, 5.41) is 9.12. The van der Waals surface area contributed by atoms with Crippen molar-refractivity contribution < 1.29 is 4.79 Å². The van der Waals surface area contributed by atoms with Gasteiger partial charge in [0.2, 0.25) is 0 Å². The second-order valence-corrected chi connectivity index (χ2v) is 10.6. The van der Waals surface area contributed by atoms with E-state index in [1.807, 2.05) is 42.5 Å². The van der Waals surface area contributed by atoms with Crippen LogP contribution in [-0.2, 0) is 13.1 Å². The molecule has 2 aliphatic heterocycles. The average molecular weight is 505 g/mol. The van der Waals surface area contributed by atoms with Crippen LogP contribution in [0.1, 0.15) is 30.4 Å². The molecule has 0 aromatic heterocycles. The van der Waals surface area contributed by atoms with Gasteiger partial charge in [0.05, 0.1) is 5.69 Å². The zero-order valence-corrected chi connectivity index (χ0v) is 21.9. The summed E-state index contributed by atoms with van der Waals surface area (Å²) in [5.74, 6) is 0. The Kier molecular flexibility index (Phi) is 7.38. The third-order valence-electron chi connectivity index (χ3n) is 8.00. The number of carbonyl (C=O) groups is 1. The maximum absolute atomic E-state index is 12.8. The van der Waals surface area contributed by atoms with Crippen LogP contribution in [0.4, 0.5) is 10.5 Å². The van der Waals surface area contributed by atoms with Gasteiger partial charge in [-0.3, -0.25) is 4.90 Å². The first-order chi connectivity index (χ1) is 18.7. The molecular weight excluding hydrogens is 468 g/mol. The van der Waals surface area contributed by atoms with Crippen molar-refractivity contribution in [1.29, 1.82) is 0 Å². The minimum absolute atomic E-state index is 0.118. The van der Waals surface area contributed by atoms with Crippen LogP contribution in [-0.4, -0.2) is 48.1 Å². The Hall–Kier alpha value is -3.67. The summed E-state index contributed by atoms with van der Waals surface area (Å²) in [6.07, 6.45) is 3.16. The number of nitrogens with zero attached hydrogens (tertiary/aromatic N) is 2. The van der Waals surface area contributed by atoms with Crippen LogP contribution in [0.3, 0.4) is 0 Å². The number of rotatable bonds is 7. The molecule has 2 heterocycles. The number of anilines is 1. The van der Waals surface area contributed by atoms with Crippen molar-refractivity contribution in [2.24, 2.45) is 0 Å². The molecule has 2 aliphatic rings. The zero-order valence-electron chi connectivity index (χ0n) is 21.9. The summed E-state index contributed by atoms with van der Waals surface area (Å²) in [6.45, 7) is 6.39. The van der Waals surface area contributed by atoms with E-state index in [1.165, 1.54) is 28.3 Å². The lowest BCUT2D eigenvalue weighted by atomic mass is 9.95. The predicted octanol–water partition coefficient (Wildman–Crippen LogP) is 6.50. The van der Waals surface area contributed by atoms with Gasteiger partial charge in [0, 0.05) is 44.3 Å². The lowest BCUT2D eigenvalue weighted by Crippen LogP contribution is -2.46. The van der Waals surface area contributed by atoms with E-state index in [4.69, 9.17) is 0 Å². The summed E-state index contributed by atoms with van der Waals surface area (Å²) in [6, 6.07) is 31.7. The van der Waals surface area contributed by atoms with E-state index in [-0.39, 0.29) is 12.1 Å². The van der Waals surface area contributed by atoms with Gasteiger partial charge in [0.15, 0.2) is 0 Å². The monoisotopic (exact) mass is 504 g/mol. The molecule has 0 atom stereocenters. The fourth-order valence-electron chi connectivity index (χ4n) is 6.09. The summed E-state index contributed by atoms with van der Waals surface area (Å²) in [5.41, 5.74) is 5.89. The highest BCUT2D eigenvalue weighted by Crippen LogP contribution is 2.30. The van der Waals surface area contributed by atoms with Gasteiger partial charge in [-0.25, -0.2) is 4.79 Å². The Bertz CT molecular complexity index is 1350. The smallest absolute Gasteiger partial charge is 0.319 e. The Morgan fingerprint density at radius 3 is 2.13 bits per heavy atom. The molecule has 2 amide bonds. The molecule has 4 aromatic carbocycles. The number of nitrogens with one attached hydrogen (secondary N) is 2. The normalized spacial score (nSPS) is 16.4. The van der Waals surface area contributed by atoms with E-state index in [9.17, 15) is 4.79 Å². The number of amides is 2. The Morgan fingerprint density at radius 1 is 0.737 bits per heavy atom. The van der Waals surface area contributed by atoms with Gasteiger partial charge in [0.1, 0.15) is 0 Å². The number of carbonyl (C=O) groups excluding carboxylic acids is 1. The van der Waals surface area contributed by atoms with E-state index in [1.54, 1.807) is 0 Å². The number of piperidine rings is 1. The predicted molar refractivity (Wildman–Crippen MR) is 156 cm³/mol. The van der Waals surface area contributed by atoms with E-state index in [0.717, 1.165) is 68.9 Å². The third kappa shape index (κ3) is 5.59. The van der Waals surface area contributed by atoms with E-state index in [2.05, 4.69) is 69.0 Å². The van der Waals surface area contributed by atoms with Crippen molar-refractivity contribution in [3.05, 3.63) is 102 Å². The summed E-state index contributed by atoms with van der Waals surface area (Å²) < 4.78 is 0. The van der Waals surface area contributed by atoms with Crippen LogP contribution in [0.2, 0.25) is 0 Å². The number of benzene rings is 4. The first-order valence-electron chi connectivity index (χ1n) is 13.9. The van der Waals surface area contributed by atoms with Gasteiger partial charge in [-0.2, -0.15) is 0 Å². The van der Waals surface area contributed by atoms with Gasteiger partial charge in [0.25, 0.3) is 0 Å². The summed E-state index contributed by atoms with van der Waals surface area (Å²) in [7, 11) is 0. The fraction of sp³-hybridized carbons (Fsp3) is 0.303. The van der Waals surface area contributed by atoms with Crippen molar-refractivity contribution in [3.8, 4) is 11.1 Å². The molecule has 194 valence electrons. The number of likely N-dealkylation sites (tertiary alicyclic amines) is 1. The van der Waals surface area contributed by atoms with Gasteiger partial charge in [-0.1, -0.05) is 84.9 Å². The van der Waals surface area contributed by atoms with E-state index in [0.29, 0.717) is 0 Å². The molecule has 6 rings (SSSR count). The van der Waals surface area contributed by atoms with E-state index < -0.39 is 0 Å². The number of para-hydroxylation sites is 1. The highest BCUT2D eigenvalue weighted by Gasteiger charge is 2.22. The molecule has 0 bridgehead atoms. The standard InChI is InChI=1S/C33H36N4O/c38-33(35-31-16-5-4-15-30(31)25-9-2-1-3-10-25)34-29-17-21-36(22-18-29)19-8-20-37-23-27-13-6-11-26-12-7-14-28(24-37)32(26)27/h1-7,9-16,29H,8,17-24H2,(H2,34,35,38). The quantitative estimate of drug-likeness (QED) is 0.302. The maximum atomic E-state index is 12.8. The molecule has 1 saturated heterocycles. The molecule has 5 nitrogen and oxygen atoms in total. The minimum atomic E-state index is -0.118. The van der Waals surface area contributed by atoms with Crippen LogP contribution in [0.5, 0.6) is 0 Å². The van der Waals surface area contributed by atoms with Crippen molar-refractivity contribution in [2.75, 3.05) is 31.5 Å². The molecule has 0 unspecified atom stereocenters. The lowest BCUT2D eigenvalue weighted by Gasteiger charge is -2.33. The summed E-state index contributed by atoms with van der Waals surface area (Å²) in [4.78, 5) is 17.9. The number of hydrogen-bond acceptors (Lipinski definition) is 3. The minimum Gasteiger partial charge on any atom is -0.335 e. The molecule has 0 spiro atoms. The molecule has 38 heavy (non-hydrogen) atoms. The van der Waals surface area contributed by atoms with Crippen molar-refractivity contribution in [2.45, 2.75) is 38.4 Å². The van der Waals surface area contributed by atoms with Crippen molar-refractivity contribution in [3.63, 3.8) is 0 Å². The molecule has 5 heteroatoms. The second-order valence-electron chi connectivity index (χ2n) is 10.6. The van der Waals surface area contributed by atoms with Gasteiger partial charge in [-0.05, 0) is 59.3 Å². The lowest BCUT2D eigenvalue weighted by molar-refractivity contribution is 0.177. The van der Waals surface area contributed by atoms with Gasteiger partial charge >= 0.3 is 6.03 Å². The Balaban J connectivity index is 0.944. The molecule has 0 saturated carbocycles. The first-order valence-corrected chi connectivity index (χ1v) is 13.9. The first kappa shape index (κ1) is 24.7. The zero-order chi connectivity index (χ0) is 25.7. The maximum Gasteiger partial charge on any atom is 0.319 e. The Labute approximate surface area is 225 Å². The van der Waals surface area contributed by atoms with Crippen molar-refractivity contribution in [1.82, 2.24) is 15.1 Å². The molecule has 0 radical (unpaired) electrons. The SMILES string of the molecule is O=C(Nc1ccccc1-c1ccccc1)NC1CCN(CCCN2Cc3cccc4cccc(c34)C2)CC1. The number of urea groups is 1. The van der Waals surface area contributed by atoms with Crippen LogP contribution < -0.4 is 10.6 Å². The molecule has 0 aliphatic carbocycles. The molecule has 2 N–H and O–H groups in total. The van der Waals surface area contributed by atoms with Crippen molar-refractivity contribution >= 4 is 22.5 Å². The van der Waals surface area contributed by atoms with Crippen LogP contribution in [0.15, 0.2) is 91.0 Å². The summed E-state index contributed by atoms with van der Waals surface area (Å²) >= 11 is 0. The highest BCUT2D eigenvalue weighted by molar-refractivity contribution is 5.94. The highest BCUT2D eigenvalue weighted by atomic mass is 16.2. The molecule has 4 aromatic rings. The Morgan fingerprint density at radius 2 is 1.39 bits per heavy atom. The van der Waals surface area contributed by atoms with Crippen LogP contribution >= 0.6 is 0 Å².